The molecule has 0 N–H and O–H groups in total. The highest BCUT2D eigenvalue weighted by molar-refractivity contribution is 5.83. The average Bonchev–Trinajstić information content (AvgIpc) is 2.53. The molecule has 0 atom stereocenters. The van der Waals surface area contributed by atoms with Crippen molar-refractivity contribution in [1.82, 2.24) is 4.98 Å². The van der Waals surface area contributed by atoms with Gasteiger partial charge in [-0.1, -0.05) is 18.2 Å². The minimum Gasteiger partial charge on any atom is -0.496 e. The summed E-state index contributed by atoms with van der Waals surface area (Å²) in [5.74, 6) is 1.24. The second-order valence-electron chi connectivity index (χ2n) is 4.81. The number of fused-ring (bicyclic) bond motifs is 1. The number of hydrogen-bond acceptors (Lipinski definition) is 5. The van der Waals surface area contributed by atoms with Crippen molar-refractivity contribution in [2.45, 2.75) is 6.92 Å². The van der Waals surface area contributed by atoms with Gasteiger partial charge in [0.1, 0.15) is 17.1 Å². The first-order valence-electron chi connectivity index (χ1n) is 6.77. The molecule has 112 valence electrons. The van der Waals surface area contributed by atoms with Crippen molar-refractivity contribution < 1.29 is 13.9 Å². The Morgan fingerprint density at radius 3 is 2.27 bits per heavy atom. The number of benzene rings is 2. The summed E-state index contributed by atoms with van der Waals surface area (Å²) in [5, 5.41) is 0.486. The molecule has 3 aromatic rings. The molecular weight excluding hydrogens is 282 g/mol. The predicted octanol–water partition coefficient (Wildman–Crippen LogP) is 3.18. The Balaban J connectivity index is 2.35. The zero-order valence-corrected chi connectivity index (χ0v) is 12.5. The Labute approximate surface area is 127 Å². The van der Waals surface area contributed by atoms with E-state index in [0.717, 1.165) is 5.56 Å². The number of ether oxygens (including phenoxy) is 2. The first-order chi connectivity index (χ1) is 10.7. The molecule has 3 rings (SSSR count). The van der Waals surface area contributed by atoms with Crippen LogP contribution in [0.4, 0.5) is 0 Å². The lowest BCUT2D eigenvalue weighted by Crippen LogP contribution is -2.05. The van der Waals surface area contributed by atoms with Crippen LogP contribution in [0.2, 0.25) is 0 Å². The molecule has 5 heteroatoms. The number of hydrogen-bond donors (Lipinski definition) is 0. The molecule has 2 aromatic carbocycles. The van der Waals surface area contributed by atoms with Gasteiger partial charge in [-0.25, -0.2) is 9.78 Å². The van der Waals surface area contributed by atoms with Gasteiger partial charge in [-0.3, -0.25) is 0 Å². The zero-order valence-electron chi connectivity index (χ0n) is 12.5. The summed E-state index contributed by atoms with van der Waals surface area (Å²) < 4.78 is 16.1. The topological polar surface area (TPSA) is 61.6 Å². The smallest absolute Gasteiger partial charge is 0.347 e. The molecule has 0 aliphatic heterocycles. The molecule has 0 spiro atoms. The van der Waals surface area contributed by atoms with Gasteiger partial charge in [-0.05, 0) is 30.7 Å². The van der Waals surface area contributed by atoms with Crippen molar-refractivity contribution in [2.24, 2.45) is 0 Å². The van der Waals surface area contributed by atoms with Crippen molar-refractivity contribution in [3.63, 3.8) is 0 Å². The molecule has 1 aromatic heterocycles. The van der Waals surface area contributed by atoms with E-state index in [9.17, 15) is 4.79 Å². The van der Waals surface area contributed by atoms with Crippen molar-refractivity contribution in [2.75, 3.05) is 14.2 Å². The predicted molar refractivity (Wildman–Crippen MR) is 83.6 cm³/mol. The van der Waals surface area contributed by atoms with Crippen LogP contribution in [0, 0.1) is 6.92 Å². The number of rotatable bonds is 3. The van der Waals surface area contributed by atoms with Crippen LogP contribution in [0.3, 0.4) is 0 Å². The van der Waals surface area contributed by atoms with Crippen LogP contribution in [0.1, 0.15) is 5.56 Å². The molecule has 5 nitrogen and oxygen atoms in total. The molecular formula is C17H15NO4. The van der Waals surface area contributed by atoms with Crippen molar-refractivity contribution in [3.8, 4) is 23.0 Å². The highest BCUT2D eigenvalue weighted by Gasteiger charge is 2.18. The van der Waals surface area contributed by atoms with Crippen LogP contribution in [-0.2, 0) is 0 Å². The van der Waals surface area contributed by atoms with Crippen LogP contribution in [0.5, 0.6) is 11.5 Å². The molecule has 22 heavy (non-hydrogen) atoms. The first kappa shape index (κ1) is 14.1. The lowest BCUT2D eigenvalue weighted by atomic mass is 10.1. The summed E-state index contributed by atoms with van der Waals surface area (Å²) >= 11 is 0. The number of aromatic nitrogens is 1. The maximum Gasteiger partial charge on any atom is 0.347 e. The van der Waals surface area contributed by atoms with E-state index in [1.54, 1.807) is 38.5 Å². The second-order valence-corrected chi connectivity index (χ2v) is 4.81. The van der Waals surface area contributed by atoms with Crippen LogP contribution in [-0.4, -0.2) is 19.2 Å². The Kier molecular flexibility index (Phi) is 3.55. The van der Waals surface area contributed by atoms with E-state index in [1.807, 2.05) is 19.1 Å². The largest absolute Gasteiger partial charge is 0.496 e. The molecule has 0 bridgehead atoms. The quantitative estimate of drug-likeness (QED) is 0.743. The fraction of sp³-hybridized carbons (Fsp3) is 0.176. The third-order valence-electron chi connectivity index (χ3n) is 3.51. The molecule has 0 fully saturated rings. The average molecular weight is 297 g/mol. The van der Waals surface area contributed by atoms with Gasteiger partial charge in [-0.2, -0.15) is 0 Å². The van der Waals surface area contributed by atoms with Gasteiger partial charge in [0.15, 0.2) is 0 Å². The SMILES string of the molecule is COc1cccc(OC)c1-c1nc2cccc(C)c2c(=O)o1. The van der Waals surface area contributed by atoms with Gasteiger partial charge in [-0.15, -0.1) is 0 Å². The molecule has 0 aliphatic rings. The minimum absolute atomic E-state index is 0.178. The van der Waals surface area contributed by atoms with E-state index in [2.05, 4.69) is 4.98 Å². The molecule has 0 saturated heterocycles. The number of aryl methyl sites for hydroxylation is 1. The van der Waals surface area contributed by atoms with Gasteiger partial charge in [0.05, 0.1) is 25.1 Å². The highest BCUT2D eigenvalue weighted by atomic mass is 16.5. The lowest BCUT2D eigenvalue weighted by Gasteiger charge is -2.11. The number of nitrogens with zero attached hydrogens (tertiary/aromatic N) is 1. The monoisotopic (exact) mass is 297 g/mol. The van der Waals surface area contributed by atoms with Crippen molar-refractivity contribution in [3.05, 3.63) is 52.4 Å². The van der Waals surface area contributed by atoms with Gasteiger partial charge in [0.25, 0.3) is 0 Å². The fourth-order valence-electron chi connectivity index (χ4n) is 2.45. The first-order valence-corrected chi connectivity index (χ1v) is 6.77. The van der Waals surface area contributed by atoms with Crippen LogP contribution < -0.4 is 15.1 Å². The Morgan fingerprint density at radius 1 is 1.00 bits per heavy atom. The zero-order chi connectivity index (χ0) is 15.7. The summed E-state index contributed by atoms with van der Waals surface area (Å²) in [7, 11) is 3.09. The molecule has 0 amide bonds. The number of methoxy groups -OCH3 is 2. The molecule has 0 radical (unpaired) electrons. The van der Waals surface area contributed by atoms with E-state index >= 15 is 0 Å². The van der Waals surface area contributed by atoms with E-state index in [1.165, 1.54) is 0 Å². The summed E-state index contributed by atoms with van der Waals surface area (Å²) in [4.78, 5) is 16.8. The van der Waals surface area contributed by atoms with Crippen molar-refractivity contribution in [1.29, 1.82) is 0 Å². The normalized spacial score (nSPS) is 10.7. The summed E-state index contributed by atoms with van der Waals surface area (Å²) in [6, 6.07) is 10.8. The Bertz CT molecular complexity index is 877. The van der Waals surface area contributed by atoms with E-state index < -0.39 is 5.63 Å². The summed E-state index contributed by atoms with van der Waals surface area (Å²) in [5.41, 5.74) is 1.51. The van der Waals surface area contributed by atoms with E-state index in [0.29, 0.717) is 28.0 Å². The summed E-state index contributed by atoms with van der Waals surface area (Å²) in [6.07, 6.45) is 0. The standard InChI is InChI=1S/C17H15NO4/c1-10-6-4-7-11-14(10)17(19)22-16(18-11)15-12(20-2)8-5-9-13(15)21-3/h4-9H,1-3H3. The lowest BCUT2D eigenvalue weighted by molar-refractivity contribution is 0.392. The van der Waals surface area contributed by atoms with Crippen molar-refractivity contribution >= 4 is 10.9 Å². The molecule has 1 heterocycles. The molecule has 0 unspecified atom stereocenters. The second kappa shape index (κ2) is 5.52. The van der Waals surface area contributed by atoms with E-state index in [4.69, 9.17) is 13.9 Å². The van der Waals surface area contributed by atoms with Gasteiger partial charge in [0, 0.05) is 0 Å². The molecule has 0 aliphatic carbocycles. The maximum absolute atomic E-state index is 12.3. The maximum atomic E-state index is 12.3. The van der Waals surface area contributed by atoms with E-state index in [-0.39, 0.29) is 5.89 Å². The fourth-order valence-corrected chi connectivity index (χ4v) is 2.45. The van der Waals surface area contributed by atoms with Gasteiger partial charge in [0.2, 0.25) is 5.89 Å². The van der Waals surface area contributed by atoms with Crippen LogP contribution in [0.25, 0.3) is 22.4 Å². The summed E-state index contributed by atoms with van der Waals surface area (Å²) in [6.45, 7) is 1.85. The van der Waals surface area contributed by atoms with Crippen LogP contribution in [0.15, 0.2) is 45.6 Å². The highest BCUT2D eigenvalue weighted by Crippen LogP contribution is 2.37. The third kappa shape index (κ3) is 2.20. The van der Waals surface area contributed by atoms with Gasteiger partial charge >= 0.3 is 5.63 Å². The third-order valence-corrected chi connectivity index (χ3v) is 3.51. The minimum atomic E-state index is -0.425. The van der Waals surface area contributed by atoms with Crippen LogP contribution >= 0.6 is 0 Å². The Hall–Kier alpha value is -2.82. The molecule has 0 saturated carbocycles. The van der Waals surface area contributed by atoms with Gasteiger partial charge < -0.3 is 13.9 Å². The Morgan fingerprint density at radius 2 is 1.64 bits per heavy atom.